The van der Waals surface area contributed by atoms with Crippen LogP contribution in [0.5, 0.6) is 11.5 Å². The molecule has 0 aliphatic rings. The van der Waals surface area contributed by atoms with Crippen molar-refractivity contribution in [1.82, 2.24) is 0 Å². The van der Waals surface area contributed by atoms with Crippen molar-refractivity contribution in [3.05, 3.63) is 63.7 Å². The maximum absolute atomic E-state index is 11.7. The molecule has 6 nitrogen and oxygen atoms in total. The van der Waals surface area contributed by atoms with Crippen LogP contribution >= 0.6 is 0 Å². The van der Waals surface area contributed by atoms with Crippen LogP contribution in [0.15, 0.2) is 42.5 Å². The van der Waals surface area contributed by atoms with Gasteiger partial charge < -0.3 is 9.47 Å². The number of carbonyl (C=O) groups is 1. The Balaban J connectivity index is 1.92. The molecule has 0 heterocycles. The van der Waals surface area contributed by atoms with Crippen molar-refractivity contribution in [2.75, 3.05) is 6.61 Å². The van der Waals surface area contributed by atoms with E-state index < -0.39 is 10.9 Å². The summed E-state index contributed by atoms with van der Waals surface area (Å²) in [4.78, 5) is 21.9. The molecule has 0 N–H and O–H groups in total. The summed E-state index contributed by atoms with van der Waals surface area (Å²) in [6, 6.07) is 11.4. The molecule has 2 aromatic rings. The standard InChI is InChI=1S/C16H15NO5/c1-11-3-5-13(6-4-11)22-16(18)10-21-14-7-8-15(17(19)20)12(2)9-14/h3-9H,10H2,1-2H3. The number of hydrogen-bond acceptors (Lipinski definition) is 5. The molecule has 2 rings (SSSR count). The Hall–Kier alpha value is -2.89. The number of esters is 1. The summed E-state index contributed by atoms with van der Waals surface area (Å²) in [6.45, 7) is 3.27. The minimum Gasteiger partial charge on any atom is -0.482 e. The van der Waals surface area contributed by atoms with Crippen molar-refractivity contribution in [2.24, 2.45) is 0 Å². The molecule has 0 spiro atoms. The number of ether oxygens (including phenoxy) is 2. The third kappa shape index (κ3) is 4.05. The van der Waals surface area contributed by atoms with Crippen LogP contribution in [-0.4, -0.2) is 17.5 Å². The number of benzene rings is 2. The van der Waals surface area contributed by atoms with E-state index >= 15 is 0 Å². The smallest absolute Gasteiger partial charge is 0.349 e. The summed E-state index contributed by atoms with van der Waals surface area (Å²) < 4.78 is 10.4. The fourth-order valence-corrected chi connectivity index (χ4v) is 1.83. The van der Waals surface area contributed by atoms with Crippen molar-refractivity contribution < 1.29 is 19.2 Å². The zero-order chi connectivity index (χ0) is 16.1. The summed E-state index contributed by atoms with van der Waals surface area (Å²) in [5.74, 6) is 0.280. The number of nitro groups is 1. The van der Waals surface area contributed by atoms with Crippen LogP contribution in [0, 0.1) is 24.0 Å². The van der Waals surface area contributed by atoms with E-state index in [2.05, 4.69) is 0 Å². The first kappa shape index (κ1) is 15.5. The highest BCUT2D eigenvalue weighted by Gasteiger charge is 2.12. The number of carbonyl (C=O) groups excluding carboxylic acids is 1. The molecule has 0 aromatic heterocycles. The Morgan fingerprint density at radius 3 is 2.32 bits per heavy atom. The first-order valence-corrected chi connectivity index (χ1v) is 6.61. The molecule has 114 valence electrons. The van der Waals surface area contributed by atoms with Crippen molar-refractivity contribution in [1.29, 1.82) is 0 Å². The number of hydrogen-bond donors (Lipinski definition) is 0. The first-order valence-electron chi connectivity index (χ1n) is 6.61. The second kappa shape index (κ2) is 6.71. The summed E-state index contributed by atoms with van der Waals surface area (Å²) in [7, 11) is 0. The lowest BCUT2D eigenvalue weighted by atomic mass is 10.2. The average Bonchev–Trinajstić information content (AvgIpc) is 2.47. The summed E-state index contributed by atoms with van der Waals surface area (Å²) in [6.07, 6.45) is 0. The number of nitro benzene ring substituents is 1. The van der Waals surface area contributed by atoms with Gasteiger partial charge in [-0.15, -0.1) is 0 Å². The second-order valence-corrected chi connectivity index (χ2v) is 4.78. The Kier molecular flexibility index (Phi) is 4.73. The summed E-state index contributed by atoms with van der Waals surface area (Å²) >= 11 is 0. The summed E-state index contributed by atoms with van der Waals surface area (Å²) in [5, 5.41) is 10.7. The SMILES string of the molecule is Cc1ccc(OC(=O)COc2ccc([N+](=O)[O-])c(C)c2)cc1. The van der Waals surface area contributed by atoms with Crippen molar-refractivity contribution in [3.63, 3.8) is 0 Å². The lowest BCUT2D eigenvalue weighted by Crippen LogP contribution is -2.17. The highest BCUT2D eigenvalue weighted by Crippen LogP contribution is 2.23. The minimum atomic E-state index is -0.542. The van der Waals surface area contributed by atoms with Gasteiger partial charge in [0.2, 0.25) is 0 Å². The molecule has 0 bridgehead atoms. The lowest BCUT2D eigenvalue weighted by molar-refractivity contribution is -0.385. The first-order chi connectivity index (χ1) is 10.5. The number of rotatable bonds is 5. The van der Waals surface area contributed by atoms with E-state index in [-0.39, 0.29) is 12.3 Å². The predicted octanol–water partition coefficient (Wildman–Crippen LogP) is 3.20. The predicted molar refractivity (Wildman–Crippen MR) is 80.1 cm³/mol. The van der Waals surface area contributed by atoms with Crippen LogP contribution in [0.3, 0.4) is 0 Å². The molecule has 6 heteroatoms. The van der Waals surface area contributed by atoms with Crippen LogP contribution in [0.1, 0.15) is 11.1 Å². The van der Waals surface area contributed by atoms with E-state index in [1.165, 1.54) is 18.2 Å². The lowest BCUT2D eigenvalue weighted by Gasteiger charge is -2.07. The van der Waals surface area contributed by atoms with Gasteiger partial charge in [0.05, 0.1) is 4.92 Å². The van der Waals surface area contributed by atoms with E-state index in [4.69, 9.17) is 9.47 Å². The summed E-state index contributed by atoms with van der Waals surface area (Å²) in [5.41, 5.74) is 1.54. The van der Waals surface area contributed by atoms with Crippen LogP contribution in [0.25, 0.3) is 0 Å². The third-order valence-electron chi connectivity index (χ3n) is 2.97. The molecular weight excluding hydrogens is 286 g/mol. The molecule has 0 saturated carbocycles. The third-order valence-corrected chi connectivity index (χ3v) is 2.97. The van der Waals surface area contributed by atoms with E-state index in [0.717, 1.165) is 5.56 Å². The monoisotopic (exact) mass is 301 g/mol. The zero-order valence-corrected chi connectivity index (χ0v) is 12.2. The molecule has 0 aliphatic carbocycles. The van der Waals surface area contributed by atoms with Crippen molar-refractivity contribution >= 4 is 11.7 Å². The number of aryl methyl sites for hydroxylation is 2. The molecule has 0 saturated heterocycles. The normalized spacial score (nSPS) is 10.1. The topological polar surface area (TPSA) is 78.7 Å². The van der Waals surface area contributed by atoms with Gasteiger partial charge in [-0.05, 0) is 38.1 Å². The van der Waals surface area contributed by atoms with Gasteiger partial charge in [0, 0.05) is 11.6 Å². The van der Waals surface area contributed by atoms with Crippen LogP contribution in [0.4, 0.5) is 5.69 Å². The van der Waals surface area contributed by atoms with Gasteiger partial charge in [-0.1, -0.05) is 17.7 Å². The van der Waals surface area contributed by atoms with Gasteiger partial charge in [-0.25, -0.2) is 4.79 Å². The van der Waals surface area contributed by atoms with Gasteiger partial charge in [0.15, 0.2) is 6.61 Å². The van der Waals surface area contributed by atoms with E-state index in [0.29, 0.717) is 17.1 Å². The maximum Gasteiger partial charge on any atom is 0.349 e. The molecule has 0 unspecified atom stereocenters. The minimum absolute atomic E-state index is 0.00887. The quantitative estimate of drug-likeness (QED) is 0.367. The van der Waals surface area contributed by atoms with Crippen LogP contribution in [0.2, 0.25) is 0 Å². The fraction of sp³-hybridized carbons (Fsp3) is 0.188. The highest BCUT2D eigenvalue weighted by atomic mass is 16.6. The molecule has 0 radical (unpaired) electrons. The maximum atomic E-state index is 11.7. The van der Waals surface area contributed by atoms with Gasteiger partial charge in [-0.2, -0.15) is 0 Å². The highest BCUT2D eigenvalue weighted by molar-refractivity contribution is 5.74. The molecule has 0 atom stereocenters. The molecule has 22 heavy (non-hydrogen) atoms. The Bertz CT molecular complexity index is 694. The Morgan fingerprint density at radius 2 is 1.73 bits per heavy atom. The molecular formula is C16H15NO5. The molecule has 0 aliphatic heterocycles. The van der Waals surface area contributed by atoms with Crippen LogP contribution < -0.4 is 9.47 Å². The van der Waals surface area contributed by atoms with E-state index in [1.807, 2.05) is 19.1 Å². The van der Waals surface area contributed by atoms with E-state index in [1.54, 1.807) is 19.1 Å². The van der Waals surface area contributed by atoms with Crippen molar-refractivity contribution in [2.45, 2.75) is 13.8 Å². The Morgan fingerprint density at radius 1 is 1.09 bits per heavy atom. The van der Waals surface area contributed by atoms with Gasteiger partial charge in [0.1, 0.15) is 11.5 Å². The Labute approximate surface area is 127 Å². The second-order valence-electron chi connectivity index (χ2n) is 4.78. The van der Waals surface area contributed by atoms with Crippen LogP contribution in [-0.2, 0) is 4.79 Å². The average molecular weight is 301 g/mol. The van der Waals surface area contributed by atoms with Gasteiger partial charge >= 0.3 is 5.97 Å². The van der Waals surface area contributed by atoms with Gasteiger partial charge in [0.25, 0.3) is 5.69 Å². The zero-order valence-electron chi connectivity index (χ0n) is 12.2. The molecule has 0 fully saturated rings. The van der Waals surface area contributed by atoms with Gasteiger partial charge in [-0.3, -0.25) is 10.1 Å². The van der Waals surface area contributed by atoms with E-state index in [9.17, 15) is 14.9 Å². The molecule has 0 amide bonds. The number of nitrogens with zero attached hydrogens (tertiary/aromatic N) is 1. The molecule has 2 aromatic carbocycles. The fourth-order valence-electron chi connectivity index (χ4n) is 1.83. The van der Waals surface area contributed by atoms with Crippen molar-refractivity contribution in [3.8, 4) is 11.5 Å². The largest absolute Gasteiger partial charge is 0.482 e.